The van der Waals surface area contributed by atoms with Gasteiger partial charge in [0.1, 0.15) is 0 Å². The van der Waals surface area contributed by atoms with Crippen LogP contribution < -0.4 is 0 Å². The lowest BCUT2D eigenvalue weighted by Crippen LogP contribution is -2.18. The van der Waals surface area contributed by atoms with E-state index in [-0.39, 0.29) is 5.69 Å². The predicted molar refractivity (Wildman–Crippen MR) is 92.7 cm³/mol. The molecule has 0 amide bonds. The molecule has 0 unspecified atom stereocenters. The van der Waals surface area contributed by atoms with Crippen molar-refractivity contribution in [2.45, 2.75) is 20.0 Å². The molecule has 3 aromatic rings. The van der Waals surface area contributed by atoms with Crippen LogP contribution in [-0.2, 0) is 13.1 Å². The van der Waals surface area contributed by atoms with Gasteiger partial charge in [0.05, 0.1) is 11.5 Å². The summed E-state index contributed by atoms with van der Waals surface area (Å²) in [6.07, 6.45) is 0. The van der Waals surface area contributed by atoms with E-state index in [1.54, 1.807) is 12.1 Å². The maximum atomic E-state index is 10.7. The van der Waals surface area contributed by atoms with Gasteiger partial charge >= 0.3 is 0 Å². The van der Waals surface area contributed by atoms with Gasteiger partial charge in [0.25, 0.3) is 5.69 Å². The van der Waals surface area contributed by atoms with Gasteiger partial charge in [-0.15, -0.1) is 10.2 Å². The van der Waals surface area contributed by atoms with E-state index in [9.17, 15) is 10.1 Å². The van der Waals surface area contributed by atoms with Gasteiger partial charge in [0, 0.05) is 24.2 Å². The highest BCUT2D eigenvalue weighted by Gasteiger charge is 2.13. The fraction of sp³-hybridized carbons (Fsp3) is 0.222. The van der Waals surface area contributed by atoms with E-state index in [0.29, 0.717) is 23.9 Å². The summed E-state index contributed by atoms with van der Waals surface area (Å²) in [5, 5.41) is 18.8. The van der Waals surface area contributed by atoms with Crippen molar-refractivity contribution in [3.8, 4) is 11.5 Å². The van der Waals surface area contributed by atoms with E-state index in [0.717, 1.165) is 6.54 Å². The Morgan fingerprint density at radius 3 is 2.48 bits per heavy atom. The van der Waals surface area contributed by atoms with Crippen LogP contribution in [0, 0.1) is 17.0 Å². The molecule has 7 nitrogen and oxygen atoms in total. The molecule has 25 heavy (non-hydrogen) atoms. The number of aromatic nitrogens is 2. The van der Waals surface area contributed by atoms with Crippen LogP contribution in [0.25, 0.3) is 11.5 Å². The molecule has 0 fully saturated rings. The van der Waals surface area contributed by atoms with E-state index >= 15 is 0 Å². The highest BCUT2D eigenvalue weighted by atomic mass is 16.6. The van der Waals surface area contributed by atoms with Crippen molar-refractivity contribution in [3.05, 3.63) is 75.7 Å². The van der Waals surface area contributed by atoms with E-state index < -0.39 is 4.92 Å². The van der Waals surface area contributed by atoms with Crippen LogP contribution in [0.4, 0.5) is 5.69 Å². The number of nitro groups is 1. The first-order chi connectivity index (χ1) is 12.0. The zero-order chi connectivity index (χ0) is 17.8. The van der Waals surface area contributed by atoms with Crippen molar-refractivity contribution in [2.24, 2.45) is 0 Å². The first-order valence-electron chi connectivity index (χ1n) is 7.83. The Hall–Kier alpha value is -3.06. The number of rotatable bonds is 6. The number of benzene rings is 2. The number of nitrogens with zero attached hydrogens (tertiary/aromatic N) is 4. The zero-order valence-electron chi connectivity index (χ0n) is 14.0. The van der Waals surface area contributed by atoms with E-state index in [1.165, 1.54) is 23.3 Å². The lowest BCUT2D eigenvalue weighted by Gasteiger charge is -2.15. The molecule has 0 bridgehead atoms. The third kappa shape index (κ3) is 4.07. The topological polar surface area (TPSA) is 85.3 Å². The Kier molecular flexibility index (Phi) is 4.85. The summed E-state index contributed by atoms with van der Waals surface area (Å²) in [7, 11) is 1.99. The number of hydrogen-bond acceptors (Lipinski definition) is 6. The fourth-order valence-corrected chi connectivity index (χ4v) is 2.52. The molecule has 128 valence electrons. The van der Waals surface area contributed by atoms with Gasteiger partial charge in [-0.25, -0.2) is 0 Å². The lowest BCUT2D eigenvalue weighted by molar-refractivity contribution is -0.384. The van der Waals surface area contributed by atoms with Crippen LogP contribution >= 0.6 is 0 Å². The van der Waals surface area contributed by atoms with E-state index in [2.05, 4.69) is 34.2 Å². The minimum absolute atomic E-state index is 0.0291. The van der Waals surface area contributed by atoms with Crippen LogP contribution in [-0.4, -0.2) is 27.1 Å². The van der Waals surface area contributed by atoms with E-state index in [4.69, 9.17) is 4.42 Å². The third-order valence-corrected chi connectivity index (χ3v) is 3.90. The van der Waals surface area contributed by atoms with Crippen molar-refractivity contribution in [1.82, 2.24) is 15.1 Å². The first kappa shape index (κ1) is 16.8. The highest BCUT2D eigenvalue weighted by Crippen LogP contribution is 2.21. The van der Waals surface area contributed by atoms with Crippen LogP contribution in [0.15, 0.2) is 52.9 Å². The van der Waals surface area contributed by atoms with Gasteiger partial charge in [0.2, 0.25) is 11.8 Å². The summed E-state index contributed by atoms with van der Waals surface area (Å²) < 4.78 is 5.67. The molecule has 0 saturated heterocycles. The molecule has 1 heterocycles. The van der Waals surface area contributed by atoms with Gasteiger partial charge < -0.3 is 4.42 Å². The largest absolute Gasteiger partial charge is 0.419 e. The van der Waals surface area contributed by atoms with Crippen LogP contribution in [0.2, 0.25) is 0 Å². The second-order valence-electron chi connectivity index (χ2n) is 5.90. The molecule has 0 aliphatic heterocycles. The van der Waals surface area contributed by atoms with Crippen molar-refractivity contribution < 1.29 is 9.34 Å². The average Bonchev–Trinajstić information content (AvgIpc) is 3.05. The molecule has 3 rings (SSSR count). The summed E-state index contributed by atoms with van der Waals surface area (Å²) in [5.41, 5.74) is 3.18. The third-order valence-electron chi connectivity index (χ3n) is 3.90. The van der Waals surface area contributed by atoms with Crippen LogP contribution in [0.3, 0.4) is 0 Å². The van der Waals surface area contributed by atoms with Crippen molar-refractivity contribution >= 4 is 5.69 Å². The molecular weight excluding hydrogens is 320 g/mol. The van der Waals surface area contributed by atoms with Crippen molar-refractivity contribution in [2.75, 3.05) is 7.05 Å². The molecular formula is C18H18N4O3. The Balaban J connectivity index is 1.67. The smallest absolute Gasteiger partial charge is 0.269 e. The van der Waals surface area contributed by atoms with E-state index in [1.807, 2.05) is 19.2 Å². The van der Waals surface area contributed by atoms with Crippen LogP contribution in [0.5, 0.6) is 0 Å². The maximum absolute atomic E-state index is 10.7. The molecule has 0 saturated carbocycles. The Morgan fingerprint density at radius 1 is 1.08 bits per heavy atom. The summed E-state index contributed by atoms with van der Waals surface area (Å²) in [5.74, 6) is 0.860. The summed E-state index contributed by atoms with van der Waals surface area (Å²) in [6, 6.07) is 14.3. The molecule has 1 aromatic heterocycles. The molecule has 0 N–H and O–H groups in total. The number of non-ortho nitro benzene ring substituents is 1. The quantitative estimate of drug-likeness (QED) is 0.504. The van der Waals surface area contributed by atoms with Gasteiger partial charge in [-0.05, 0) is 37.2 Å². The Morgan fingerprint density at radius 2 is 1.80 bits per heavy atom. The Labute approximate surface area is 145 Å². The monoisotopic (exact) mass is 338 g/mol. The molecule has 0 atom stereocenters. The number of hydrogen-bond donors (Lipinski definition) is 0. The minimum atomic E-state index is -0.441. The summed E-state index contributed by atoms with van der Waals surface area (Å²) in [4.78, 5) is 12.3. The van der Waals surface area contributed by atoms with Gasteiger partial charge in [-0.3, -0.25) is 15.0 Å². The van der Waals surface area contributed by atoms with Gasteiger partial charge in [0.15, 0.2) is 0 Å². The lowest BCUT2D eigenvalue weighted by atomic mass is 10.1. The van der Waals surface area contributed by atoms with Gasteiger partial charge in [-0.2, -0.15) is 0 Å². The molecule has 7 heteroatoms. The van der Waals surface area contributed by atoms with Gasteiger partial charge in [-0.1, -0.05) is 24.3 Å². The SMILES string of the molecule is Cc1ccccc1CN(C)Cc1nnc(-c2ccc([N+](=O)[O-])cc2)o1. The van der Waals surface area contributed by atoms with Crippen LogP contribution in [0.1, 0.15) is 17.0 Å². The maximum Gasteiger partial charge on any atom is 0.269 e. The molecule has 0 aliphatic rings. The standard InChI is InChI=1S/C18H18N4O3/c1-13-5-3-4-6-15(13)11-21(2)12-17-19-20-18(25-17)14-7-9-16(10-8-14)22(23)24/h3-10H,11-12H2,1-2H3. The van der Waals surface area contributed by atoms with Crippen molar-refractivity contribution in [3.63, 3.8) is 0 Å². The highest BCUT2D eigenvalue weighted by molar-refractivity contribution is 5.55. The minimum Gasteiger partial charge on any atom is -0.419 e. The average molecular weight is 338 g/mol. The predicted octanol–water partition coefficient (Wildman–Crippen LogP) is 3.59. The molecule has 0 radical (unpaired) electrons. The zero-order valence-corrected chi connectivity index (χ0v) is 14.0. The molecule has 2 aromatic carbocycles. The number of nitro benzene ring substituents is 1. The first-order valence-corrected chi connectivity index (χ1v) is 7.83. The molecule has 0 spiro atoms. The fourth-order valence-electron chi connectivity index (χ4n) is 2.52. The second-order valence-corrected chi connectivity index (χ2v) is 5.90. The molecule has 0 aliphatic carbocycles. The normalized spacial score (nSPS) is 11.0. The second kappa shape index (κ2) is 7.23. The summed E-state index contributed by atoms with van der Waals surface area (Å²) >= 11 is 0. The summed E-state index contributed by atoms with van der Waals surface area (Å²) in [6.45, 7) is 3.39. The Bertz CT molecular complexity index is 874. The number of aryl methyl sites for hydroxylation is 1. The van der Waals surface area contributed by atoms with Crippen molar-refractivity contribution in [1.29, 1.82) is 0 Å².